The number of ketones is 1. The first kappa shape index (κ1) is 15.6. The smallest absolute Gasteiger partial charge is 0.194 e. The molecule has 3 nitrogen and oxygen atoms in total. The van der Waals surface area contributed by atoms with Crippen LogP contribution in [0.4, 0.5) is 0 Å². The third-order valence-corrected chi connectivity index (χ3v) is 4.63. The second-order valence-corrected chi connectivity index (χ2v) is 5.72. The summed E-state index contributed by atoms with van der Waals surface area (Å²) in [5.74, 6) is -0.300. The molecule has 0 spiro atoms. The maximum atomic E-state index is 12.3. The minimum atomic E-state index is -1.30. The van der Waals surface area contributed by atoms with Crippen molar-refractivity contribution in [3.8, 4) is 0 Å². The Morgan fingerprint density at radius 1 is 1.39 bits per heavy atom. The SMILES string of the molecule is CSC(SC)=C(C(=O)c1cccc(Cl)c1)[C@H](N)O. The molecule has 0 amide bonds. The average molecular weight is 304 g/mol. The van der Waals surface area contributed by atoms with E-state index in [-0.39, 0.29) is 11.4 Å². The summed E-state index contributed by atoms with van der Waals surface area (Å²) in [5, 5.41) is 10.1. The number of benzene rings is 1. The van der Waals surface area contributed by atoms with Crippen molar-refractivity contribution >= 4 is 40.9 Å². The molecule has 0 aromatic heterocycles. The molecule has 1 aromatic carbocycles. The number of aliphatic hydroxyl groups excluding tert-OH is 1. The Morgan fingerprint density at radius 2 is 2.00 bits per heavy atom. The molecule has 0 radical (unpaired) electrons. The van der Waals surface area contributed by atoms with E-state index < -0.39 is 6.23 Å². The van der Waals surface area contributed by atoms with E-state index in [2.05, 4.69) is 0 Å². The minimum absolute atomic E-state index is 0.206. The van der Waals surface area contributed by atoms with Crippen LogP contribution in [0.1, 0.15) is 10.4 Å². The van der Waals surface area contributed by atoms with Crippen molar-refractivity contribution < 1.29 is 9.90 Å². The first-order chi connectivity index (χ1) is 8.51. The van der Waals surface area contributed by atoms with E-state index in [1.807, 2.05) is 12.5 Å². The first-order valence-electron chi connectivity index (χ1n) is 5.07. The molecule has 1 rings (SSSR count). The van der Waals surface area contributed by atoms with Gasteiger partial charge in [-0.05, 0) is 24.6 Å². The Bertz CT molecular complexity index is 469. The van der Waals surface area contributed by atoms with Gasteiger partial charge in [0.1, 0.15) is 6.23 Å². The van der Waals surface area contributed by atoms with E-state index in [1.165, 1.54) is 23.5 Å². The van der Waals surface area contributed by atoms with Gasteiger partial charge in [-0.25, -0.2) is 0 Å². The Hall–Kier alpha value is -0.460. The highest BCUT2D eigenvalue weighted by Gasteiger charge is 2.21. The van der Waals surface area contributed by atoms with Crippen molar-refractivity contribution in [3.63, 3.8) is 0 Å². The van der Waals surface area contributed by atoms with Gasteiger partial charge in [0.25, 0.3) is 0 Å². The second kappa shape index (κ2) is 7.21. The van der Waals surface area contributed by atoms with Crippen LogP contribution in [0.5, 0.6) is 0 Å². The molecular weight excluding hydrogens is 290 g/mol. The molecule has 3 N–H and O–H groups in total. The monoisotopic (exact) mass is 303 g/mol. The van der Waals surface area contributed by atoms with Crippen LogP contribution < -0.4 is 5.73 Å². The van der Waals surface area contributed by atoms with Gasteiger partial charge in [-0.1, -0.05) is 23.7 Å². The largest absolute Gasteiger partial charge is 0.374 e. The van der Waals surface area contributed by atoms with Gasteiger partial charge in [-0.2, -0.15) is 0 Å². The lowest BCUT2D eigenvalue weighted by Crippen LogP contribution is -2.27. The topological polar surface area (TPSA) is 63.3 Å². The first-order valence-corrected chi connectivity index (χ1v) is 7.90. The fraction of sp³-hybridized carbons (Fsp3) is 0.250. The zero-order chi connectivity index (χ0) is 13.7. The predicted molar refractivity (Wildman–Crippen MR) is 80.0 cm³/mol. The lowest BCUT2D eigenvalue weighted by atomic mass is 10.0. The van der Waals surface area contributed by atoms with Crippen molar-refractivity contribution in [2.24, 2.45) is 5.73 Å². The number of carbonyl (C=O) groups excluding carboxylic acids is 1. The van der Waals surface area contributed by atoms with Crippen molar-refractivity contribution in [1.82, 2.24) is 0 Å². The number of carbonyl (C=O) groups is 1. The van der Waals surface area contributed by atoms with Gasteiger partial charge in [0, 0.05) is 10.6 Å². The summed E-state index contributed by atoms with van der Waals surface area (Å²) in [6.07, 6.45) is 2.37. The summed E-state index contributed by atoms with van der Waals surface area (Å²) in [4.78, 5) is 12.3. The van der Waals surface area contributed by atoms with Gasteiger partial charge in [-0.15, -0.1) is 23.5 Å². The van der Waals surface area contributed by atoms with E-state index in [0.717, 1.165) is 0 Å². The summed E-state index contributed by atoms with van der Waals surface area (Å²) in [5.41, 5.74) is 6.11. The zero-order valence-corrected chi connectivity index (χ0v) is 12.4. The molecule has 0 heterocycles. The van der Waals surface area contributed by atoms with E-state index in [4.69, 9.17) is 17.3 Å². The fourth-order valence-corrected chi connectivity index (χ4v) is 3.16. The number of hydrogen-bond donors (Lipinski definition) is 2. The number of aliphatic hydroxyl groups is 1. The second-order valence-electron chi connectivity index (χ2n) is 3.39. The molecule has 0 aliphatic carbocycles. The molecule has 0 unspecified atom stereocenters. The molecule has 0 aliphatic rings. The van der Waals surface area contributed by atoms with Crippen LogP contribution in [-0.4, -0.2) is 29.6 Å². The van der Waals surface area contributed by atoms with E-state index in [9.17, 15) is 9.90 Å². The van der Waals surface area contributed by atoms with Crippen LogP contribution in [0.25, 0.3) is 0 Å². The lowest BCUT2D eigenvalue weighted by Gasteiger charge is -2.14. The molecule has 1 atom stereocenters. The summed E-state index contributed by atoms with van der Waals surface area (Å²) in [6, 6.07) is 6.58. The van der Waals surface area contributed by atoms with Crippen molar-refractivity contribution in [1.29, 1.82) is 0 Å². The third-order valence-electron chi connectivity index (χ3n) is 2.22. The maximum Gasteiger partial charge on any atom is 0.194 e. The number of thioether (sulfide) groups is 2. The Labute approximate surface area is 120 Å². The Kier molecular flexibility index (Phi) is 6.25. The maximum absolute atomic E-state index is 12.3. The molecular formula is C12H14ClNO2S2. The fourth-order valence-electron chi connectivity index (χ4n) is 1.44. The molecule has 0 aliphatic heterocycles. The number of nitrogens with two attached hydrogens (primary N) is 1. The predicted octanol–water partition coefficient (Wildman–Crippen LogP) is 2.74. The molecule has 98 valence electrons. The Balaban J connectivity index is 3.24. The number of Topliss-reactive ketones (excluding diaryl/α,β-unsaturated/α-hetero) is 1. The minimum Gasteiger partial charge on any atom is -0.374 e. The van der Waals surface area contributed by atoms with Crippen LogP contribution in [0.3, 0.4) is 0 Å². The normalized spacial score (nSPS) is 12.1. The van der Waals surface area contributed by atoms with E-state index >= 15 is 0 Å². The van der Waals surface area contributed by atoms with Gasteiger partial charge in [0.05, 0.1) is 9.81 Å². The van der Waals surface area contributed by atoms with Crippen LogP contribution in [-0.2, 0) is 0 Å². The quantitative estimate of drug-likeness (QED) is 0.497. The molecule has 18 heavy (non-hydrogen) atoms. The average Bonchev–Trinajstić information content (AvgIpc) is 2.34. The number of rotatable bonds is 5. The van der Waals surface area contributed by atoms with E-state index in [0.29, 0.717) is 14.8 Å². The van der Waals surface area contributed by atoms with Gasteiger partial charge in [0.2, 0.25) is 0 Å². The van der Waals surface area contributed by atoms with Crippen molar-refractivity contribution in [2.75, 3.05) is 12.5 Å². The van der Waals surface area contributed by atoms with Crippen molar-refractivity contribution in [3.05, 3.63) is 44.7 Å². The summed E-state index contributed by atoms with van der Waals surface area (Å²) >= 11 is 8.61. The van der Waals surface area contributed by atoms with Gasteiger partial charge in [0.15, 0.2) is 5.78 Å². The highest BCUT2D eigenvalue weighted by molar-refractivity contribution is 8.21. The summed E-state index contributed by atoms with van der Waals surface area (Å²) < 4.78 is 0.704. The highest BCUT2D eigenvalue weighted by atomic mass is 35.5. The zero-order valence-electron chi connectivity index (χ0n) is 10.0. The van der Waals surface area contributed by atoms with E-state index in [1.54, 1.807) is 24.3 Å². The van der Waals surface area contributed by atoms with Crippen LogP contribution in [0, 0.1) is 0 Å². The van der Waals surface area contributed by atoms with Crippen molar-refractivity contribution in [2.45, 2.75) is 6.23 Å². The Morgan fingerprint density at radius 3 is 2.44 bits per heavy atom. The number of halogens is 1. The van der Waals surface area contributed by atoms with Gasteiger partial charge >= 0.3 is 0 Å². The lowest BCUT2D eigenvalue weighted by molar-refractivity contribution is 0.0990. The molecule has 0 saturated carbocycles. The molecule has 0 bridgehead atoms. The van der Waals surface area contributed by atoms with Crippen LogP contribution in [0.15, 0.2) is 34.1 Å². The highest BCUT2D eigenvalue weighted by Crippen LogP contribution is 2.30. The van der Waals surface area contributed by atoms with Crippen LogP contribution in [0.2, 0.25) is 5.02 Å². The molecule has 0 saturated heterocycles. The summed E-state index contributed by atoms with van der Waals surface area (Å²) in [6.45, 7) is 0. The number of hydrogen-bond acceptors (Lipinski definition) is 5. The third kappa shape index (κ3) is 3.76. The molecule has 0 fully saturated rings. The molecule has 1 aromatic rings. The van der Waals surface area contributed by atoms with Crippen LogP contribution >= 0.6 is 35.1 Å². The summed E-state index contributed by atoms with van der Waals surface area (Å²) in [7, 11) is 0. The van der Waals surface area contributed by atoms with Gasteiger partial charge in [-0.3, -0.25) is 4.79 Å². The molecule has 6 heteroatoms. The van der Waals surface area contributed by atoms with Gasteiger partial charge < -0.3 is 10.8 Å². The standard InChI is InChI=1S/C12H14ClNO2S2/c1-17-12(18-2)9(11(14)16)10(15)7-4-3-5-8(13)6-7/h3-6,11,16H,14H2,1-2H3/t11-/m1/s1.